The highest BCUT2D eigenvalue weighted by molar-refractivity contribution is 7.27. The fourth-order valence-electron chi connectivity index (χ4n) is 1.83. The second-order valence-corrected chi connectivity index (χ2v) is 6.56. The Kier molecular flexibility index (Phi) is 3.39. The smallest absolute Gasteiger partial charge is 0.177 e. The SMILES string of the molecule is O=C(Cc1ccc(Cl)cc1F)c1cc2sccc2s1. The summed E-state index contributed by atoms with van der Waals surface area (Å²) in [6, 6.07) is 8.26. The molecule has 0 aliphatic rings. The third-order valence-corrected chi connectivity index (χ3v) is 5.15. The molecule has 0 bridgehead atoms. The molecule has 2 heterocycles. The van der Waals surface area contributed by atoms with E-state index in [-0.39, 0.29) is 12.2 Å². The number of halogens is 2. The van der Waals surface area contributed by atoms with Crippen molar-refractivity contribution in [2.45, 2.75) is 6.42 Å². The van der Waals surface area contributed by atoms with Gasteiger partial charge < -0.3 is 0 Å². The Morgan fingerprint density at radius 2 is 2.05 bits per heavy atom. The van der Waals surface area contributed by atoms with Gasteiger partial charge in [-0.2, -0.15) is 0 Å². The van der Waals surface area contributed by atoms with Crippen LogP contribution in [0.2, 0.25) is 5.02 Å². The average Bonchev–Trinajstić information content (AvgIpc) is 2.93. The second kappa shape index (κ2) is 5.04. The van der Waals surface area contributed by atoms with E-state index in [1.807, 2.05) is 17.5 Å². The van der Waals surface area contributed by atoms with E-state index in [1.54, 1.807) is 23.5 Å². The van der Waals surface area contributed by atoms with Gasteiger partial charge in [-0.1, -0.05) is 17.7 Å². The van der Waals surface area contributed by atoms with Crippen LogP contribution in [0.25, 0.3) is 9.40 Å². The first-order valence-corrected chi connectivity index (χ1v) is 7.65. The van der Waals surface area contributed by atoms with Crippen molar-refractivity contribution in [3.05, 3.63) is 57.0 Å². The molecule has 0 aliphatic heterocycles. The molecule has 3 rings (SSSR count). The lowest BCUT2D eigenvalue weighted by atomic mass is 10.1. The first kappa shape index (κ1) is 12.8. The predicted molar refractivity (Wildman–Crippen MR) is 79.1 cm³/mol. The van der Waals surface area contributed by atoms with Gasteiger partial charge in [-0.05, 0) is 35.2 Å². The Balaban J connectivity index is 1.86. The number of rotatable bonds is 3. The Labute approximate surface area is 122 Å². The molecule has 0 radical (unpaired) electrons. The van der Waals surface area contributed by atoms with E-state index < -0.39 is 5.82 Å². The molecule has 19 heavy (non-hydrogen) atoms. The van der Waals surface area contributed by atoms with Gasteiger partial charge in [0.2, 0.25) is 0 Å². The molecule has 96 valence electrons. The summed E-state index contributed by atoms with van der Waals surface area (Å²) < 4.78 is 15.8. The van der Waals surface area contributed by atoms with Gasteiger partial charge >= 0.3 is 0 Å². The lowest BCUT2D eigenvalue weighted by Gasteiger charge is -2.01. The number of Topliss-reactive ketones (excluding diaryl/α,β-unsaturated/α-hetero) is 1. The number of benzene rings is 1. The van der Waals surface area contributed by atoms with Crippen LogP contribution in [0.15, 0.2) is 35.7 Å². The fourth-order valence-corrected chi connectivity index (χ4v) is 4.03. The van der Waals surface area contributed by atoms with Crippen molar-refractivity contribution in [3.8, 4) is 0 Å². The summed E-state index contributed by atoms with van der Waals surface area (Å²) >= 11 is 8.74. The van der Waals surface area contributed by atoms with Crippen LogP contribution in [-0.4, -0.2) is 5.78 Å². The Morgan fingerprint density at radius 3 is 2.79 bits per heavy atom. The van der Waals surface area contributed by atoms with Gasteiger partial charge in [0.25, 0.3) is 0 Å². The van der Waals surface area contributed by atoms with E-state index in [0.717, 1.165) is 9.40 Å². The summed E-state index contributed by atoms with van der Waals surface area (Å²) in [5.41, 5.74) is 0.381. The molecule has 0 N–H and O–H groups in total. The molecule has 1 nitrogen and oxygen atoms in total. The molecular weight excluding hydrogens is 303 g/mol. The van der Waals surface area contributed by atoms with Crippen molar-refractivity contribution >= 4 is 49.5 Å². The maximum Gasteiger partial charge on any atom is 0.177 e. The predicted octanol–water partition coefficient (Wildman–Crippen LogP) is 5.18. The normalized spacial score (nSPS) is 11.1. The van der Waals surface area contributed by atoms with Crippen LogP contribution in [0.4, 0.5) is 4.39 Å². The Hall–Kier alpha value is -1.23. The van der Waals surface area contributed by atoms with E-state index in [9.17, 15) is 9.18 Å². The van der Waals surface area contributed by atoms with Crippen molar-refractivity contribution < 1.29 is 9.18 Å². The van der Waals surface area contributed by atoms with Crippen molar-refractivity contribution in [1.82, 2.24) is 0 Å². The lowest BCUT2D eigenvalue weighted by Crippen LogP contribution is -2.03. The first-order chi connectivity index (χ1) is 9.13. The average molecular weight is 311 g/mol. The van der Waals surface area contributed by atoms with Crippen LogP contribution >= 0.6 is 34.3 Å². The van der Waals surface area contributed by atoms with Crippen LogP contribution in [0.5, 0.6) is 0 Å². The molecule has 0 aliphatic carbocycles. The summed E-state index contributed by atoms with van der Waals surface area (Å²) in [5.74, 6) is -0.492. The largest absolute Gasteiger partial charge is 0.293 e. The number of hydrogen-bond acceptors (Lipinski definition) is 3. The zero-order valence-corrected chi connectivity index (χ0v) is 12.0. The standard InChI is InChI=1S/C14H8ClFOS2/c15-9-2-1-8(10(16)6-9)5-11(17)13-7-14-12(19-13)3-4-18-14/h1-4,6-7H,5H2. The molecule has 0 saturated carbocycles. The van der Waals surface area contributed by atoms with Crippen LogP contribution in [0.3, 0.4) is 0 Å². The van der Waals surface area contributed by atoms with Crippen molar-refractivity contribution in [3.63, 3.8) is 0 Å². The second-order valence-electron chi connectivity index (χ2n) is 4.10. The highest BCUT2D eigenvalue weighted by atomic mass is 35.5. The highest BCUT2D eigenvalue weighted by Gasteiger charge is 2.14. The minimum atomic E-state index is -0.431. The van der Waals surface area contributed by atoms with E-state index in [0.29, 0.717) is 15.5 Å². The van der Waals surface area contributed by atoms with Crippen LogP contribution in [-0.2, 0) is 6.42 Å². The highest BCUT2D eigenvalue weighted by Crippen LogP contribution is 2.30. The van der Waals surface area contributed by atoms with Crippen LogP contribution < -0.4 is 0 Å². The zero-order chi connectivity index (χ0) is 13.4. The molecular formula is C14H8ClFOS2. The quantitative estimate of drug-likeness (QED) is 0.609. The summed E-state index contributed by atoms with van der Waals surface area (Å²) in [6.07, 6.45) is 0.0662. The van der Waals surface area contributed by atoms with Gasteiger partial charge in [-0.15, -0.1) is 22.7 Å². The molecule has 2 aromatic heterocycles. The van der Waals surface area contributed by atoms with Crippen LogP contribution in [0.1, 0.15) is 15.2 Å². The monoisotopic (exact) mass is 310 g/mol. The van der Waals surface area contributed by atoms with Gasteiger partial charge in [0.1, 0.15) is 5.82 Å². The summed E-state index contributed by atoms with van der Waals surface area (Å²) in [7, 11) is 0. The van der Waals surface area contributed by atoms with Gasteiger partial charge in [-0.3, -0.25) is 4.79 Å². The molecule has 0 fully saturated rings. The van der Waals surface area contributed by atoms with E-state index >= 15 is 0 Å². The zero-order valence-electron chi connectivity index (χ0n) is 9.65. The maximum atomic E-state index is 13.6. The molecule has 0 saturated heterocycles. The summed E-state index contributed by atoms with van der Waals surface area (Å²) in [4.78, 5) is 12.8. The number of thiophene rings is 2. The van der Waals surface area contributed by atoms with Crippen molar-refractivity contribution in [2.75, 3.05) is 0 Å². The fraction of sp³-hybridized carbons (Fsp3) is 0.0714. The van der Waals surface area contributed by atoms with Gasteiger partial charge in [0.05, 0.1) is 4.88 Å². The maximum absolute atomic E-state index is 13.6. The minimum Gasteiger partial charge on any atom is -0.293 e. The Bertz CT molecular complexity index is 731. The van der Waals surface area contributed by atoms with Crippen molar-refractivity contribution in [2.24, 2.45) is 0 Å². The lowest BCUT2D eigenvalue weighted by molar-refractivity contribution is 0.0996. The minimum absolute atomic E-state index is 0.0605. The van der Waals surface area contributed by atoms with Gasteiger partial charge in [0.15, 0.2) is 5.78 Å². The topological polar surface area (TPSA) is 17.1 Å². The number of ketones is 1. The van der Waals surface area contributed by atoms with E-state index in [1.165, 1.54) is 17.4 Å². The first-order valence-electron chi connectivity index (χ1n) is 5.57. The van der Waals surface area contributed by atoms with Crippen LogP contribution in [0, 0.1) is 5.82 Å². The molecule has 3 aromatic rings. The molecule has 0 spiro atoms. The molecule has 0 atom stereocenters. The van der Waals surface area contributed by atoms with Gasteiger partial charge in [0, 0.05) is 20.8 Å². The summed E-state index contributed by atoms with van der Waals surface area (Å²) in [6.45, 7) is 0. The van der Waals surface area contributed by atoms with Crippen molar-refractivity contribution in [1.29, 1.82) is 0 Å². The number of carbonyl (C=O) groups is 1. The van der Waals surface area contributed by atoms with Gasteiger partial charge in [-0.25, -0.2) is 4.39 Å². The third kappa shape index (κ3) is 2.56. The third-order valence-electron chi connectivity index (χ3n) is 2.78. The summed E-state index contributed by atoms with van der Waals surface area (Å²) in [5, 5.41) is 2.33. The number of carbonyl (C=O) groups excluding carboxylic acids is 1. The molecule has 0 unspecified atom stereocenters. The number of fused-ring (bicyclic) bond motifs is 1. The van der Waals surface area contributed by atoms with E-state index in [2.05, 4.69) is 0 Å². The van der Waals surface area contributed by atoms with E-state index in [4.69, 9.17) is 11.6 Å². The molecule has 1 aromatic carbocycles. The Morgan fingerprint density at radius 1 is 1.21 bits per heavy atom. The number of hydrogen-bond donors (Lipinski definition) is 0. The molecule has 5 heteroatoms. The molecule has 0 amide bonds.